The summed E-state index contributed by atoms with van der Waals surface area (Å²) in [6.45, 7) is 0. The molecule has 4 heterocycles. The molecule has 0 N–H and O–H groups in total. The molecule has 8 aromatic carbocycles. The van der Waals surface area contributed by atoms with Crippen molar-refractivity contribution in [2.45, 2.75) is 0 Å². The molecule has 0 bridgehead atoms. The van der Waals surface area contributed by atoms with Gasteiger partial charge in [-0.25, -0.2) is 9.97 Å². The lowest BCUT2D eigenvalue weighted by atomic mass is 10.00. The molecule has 50 heavy (non-hydrogen) atoms. The second kappa shape index (κ2) is 9.43. The minimum atomic E-state index is 0.672. The van der Waals surface area contributed by atoms with Gasteiger partial charge in [0.15, 0.2) is 0 Å². The molecule has 0 aliphatic heterocycles. The summed E-state index contributed by atoms with van der Waals surface area (Å²) in [5.41, 5.74) is 8.84. The van der Waals surface area contributed by atoms with Crippen LogP contribution in [0.15, 0.2) is 158 Å². The Morgan fingerprint density at radius 1 is 0.380 bits per heavy atom. The lowest BCUT2D eigenvalue weighted by Crippen LogP contribution is -2.03. The first-order valence-electron chi connectivity index (χ1n) is 17.1. The highest BCUT2D eigenvalue weighted by atomic mass is 15.2. The lowest BCUT2D eigenvalue weighted by molar-refractivity contribution is 1.02. The third kappa shape index (κ3) is 3.30. The van der Waals surface area contributed by atoms with Crippen molar-refractivity contribution in [2.75, 3.05) is 0 Å². The number of para-hydroxylation sites is 3. The predicted molar refractivity (Wildman–Crippen MR) is 209 cm³/mol. The molecular formula is C46H26N4. The Hall–Kier alpha value is -6.78. The highest BCUT2D eigenvalue weighted by molar-refractivity contribution is 6.36. The van der Waals surface area contributed by atoms with Crippen molar-refractivity contribution in [2.24, 2.45) is 0 Å². The molecule has 0 aliphatic rings. The predicted octanol–water partition coefficient (Wildman–Crippen LogP) is 11.9. The van der Waals surface area contributed by atoms with Gasteiger partial charge in [-0.1, -0.05) is 121 Å². The van der Waals surface area contributed by atoms with Crippen LogP contribution in [0.25, 0.3) is 110 Å². The molecule has 12 rings (SSSR count). The van der Waals surface area contributed by atoms with Crippen molar-refractivity contribution in [1.29, 1.82) is 0 Å². The van der Waals surface area contributed by atoms with Gasteiger partial charge in [0, 0.05) is 43.3 Å². The second-order valence-corrected chi connectivity index (χ2v) is 13.4. The highest BCUT2D eigenvalue weighted by Crippen LogP contribution is 2.47. The van der Waals surface area contributed by atoms with E-state index in [0.29, 0.717) is 5.95 Å². The van der Waals surface area contributed by atoms with E-state index in [2.05, 4.69) is 167 Å². The number of hydrogen-bond acceptors (Lipinski definition) is 2. The van der Waals surface area contributed by atoms with Crippen LogP contribution in [-0.4, -0.2) is 18.9 Å². The Morgan fingerprint density at radius 2 is 1.06 bits per heavy atom. The van der Waals surface area contributed by atoms with Gasteiger partial charge in [0.2, 0.25) is 5.95 Å². The maximum atomic E-state index is 5.48. The monoisotopic (exact) mass is 634 g/mol. The van der Waals surface area contributed by atoms with Gasteiger partial charge in [-0.15, -0.1) is 0 Å². The van der Waals surface area contributed by atoms with E-state index in [4.69, 9.17) is 9.97 Å². The van der Waals surface area contributed by atoms with Gasteiger partial charge in [0.1, 0.15) is 0 Å². The fourth-order valence-electron chi connectivity index (χ4n) is 8.70. The van der Waals surface area contributed by atoms with E-state index in [0.717, 1.165) is 33.2 Å². The molecule has 0 aliphatic carbocycles. The Bertz CT molecular complexity index is 3380. The molecule has 0 saturated carbocycles. The molecule has 0 fully saturated rings. The molecule has 0 unspecified atom stereocenters. The summed E-state index contributed by atoms with van der Waals surface area (Å²) in [6, 6.07) is 56.8. The van der Waals surface area contributed by atoms with Crippen LogP contribution < -0.4 is 0 Å². The molecule has 0 spiro atoms. The topological polar surface area (TPSA) is 35.1 Å². The van der Waals surface area contributed by atoms with E-state index in [1.165, 1.54) is 70.4 Å². The van der Waals surface area contributed by atoms with Gasteiger partial charge >= 0.3 is 0 Å². The third-order valence-corrected chi connectivity index (χ3v) is 10.8. The van der Waals surface area contributed by atoms with Gasteiger partial charge in [-0.05, 0) is 57.9 Å². The number of nitrogens with zero attached hydrogens (tertiary/aromatic N) is 4. The van der Waals surface area contributed by atoms with Gasteiger partial charge < -0.3 is 4.40 Å². The number of benzene rings is 8. The van der Waals surface area contributed by atoms with E-state index >= 15 is 0 Å². The average molecular weight is 635 g/mol. The van der Waals surface area contributed by atoms with Crippen molar-refractivity contribution in [1.82, 2.24) is 18.9 Å². The molecule has 0 amide bonds. The summed E-state index contributed by atoms with van der Waals surface area (Å²) in [6.07, 6.45) is 0. The molecule has 4 heteroatoms. The van der Waals surface area contributed by atoms with Gasteiger partial charge in [0.05, 0.1) is 38.8 Å². The summed E-state index contributed by atoms with van der Waals surface area (Å²) < 4.78 is 4.80. The standard InChI is InChI=1S/C46H26N4/c1-2-13-29-25-30(22-21-27(29)11-1)43-33-16-5-8-18-37(33)47-46(48-43)50-38-19-9-6-15-32(38)35-26-36-41-31-14-4-3-12-28(31)23-24-40(41)49-39-20-10-7-17-34(39)42(44(35)50)45(36)49/h1-26H. The van der Waals surface area contributed by atoms with E-state index in [9.17, 15) is 0 Å². The van der Waals surface area contributed by atoms with Gasteiger partial charge in [-0.3, -0.25) is 4.57 Å². The SMILES string of the molecule is c1ccc2cc(-c3nc(-n4c5ccccc5c5cc6c7c8ccccc8ccc7n7c8ccccc8c(c54)c67)nc4ccccc34)ccc2c1. The molecule has 0 atom stereocenters. The average Bonchev–Trinajstić information content (AvgIpc) is 3.82. The summed E-state index contributed by atoms with van der Waals surface area (Å²) in [5.74, 6) is 0.672. The van der Waals surface area contributed by atoms with Crippen LogP contribution in [-0.2, 0) is 0 Å². The molecular weight excluding hydrogens is 609 g/mol. The second-order valence-electron chi connectivity index (χ2n) is 13.4. The third-order valence-electron chi connectivity index (χ3n) is 10.8. The summed E-state index contributed by atoms with van der Waals surface area (Å²) in [7, 11) is 0. The number of aromatic nitrogens is 4. The van der Waals surface area contributed by atoms with E-state index in [1.54, 1.807) is 0 Å². The maximum absolute atomic E-state index is 5.48. The zero-order chi connectivity index (χ0) is 32.5. The largest absolute Gasteiger partial charge is 0.308 e. The van der Waals surface area contributed by atoms with Crippen LogP contribution in [0.2, 0.25) is 0 Å². The van der Waals surface area contributed by atoms with E-state index in [-0.39, 0.29) is 0 Å². The van der Waals surface area contributed by atoms with Crippen LogP contribution in [0.4, 0.5) is 0 Å². The molecule has 12 aromatic rings. The lowest BCUT2D eigenvalue weighted by Gasteiger charge is -2.13. The first-order chi connectivity index (χ1) is 24.8. The quantitative estimate of drug-likeness (QED) is 0.190. The van der Waals surface area contributed by atoms with Crippen molar-refractivity contribution in [3.05, 3.63) is 158 Å². The smallest absolute Gasteiger partial charge is 0.235 e. The van der Waals surface area contributed by atoms with Crippen molar-refractivity contribution < 1.29 is 0 Å². The highest BCUT2D eigenvalue weighted by Gasteiger charge is 2.26. The van der Waals surface area contributed by atoms with Crippen LogP contribution in [0.3, 0.4) is 0 Å². The number of fused-ring (bicyclic) bond motifs is 14. The van der Waals surface area contributed by atoms with Crippen molar-refractivity contribution in [3.8, 4) is 17.2 Å². The van der Waals surface area contributed by atoms with Crippen LogP contribution >= 0.6 is 0 Å². The molecule has 0 saturated heterocycles. The first-order valence-corrected chi connectivity index (χ1v) is 17.1. The normalized spacial score (nSPS) is 12.4. The summed E-state index contributed by atoms with van der Waals surface area (Å²) in [4.78, 5) is 10.8. The Morgan fingerprint density at radius 3 is 1.94 bits per heavy atom. The Labute approximate surface area is 285 Å². The molecule has 230 valence electrons. The van der Waals surface area contributed by atoms with Crippen LogP contribution in [0.1, 0.15) is 0 Å². The van der Waals surface area contributed by atoms with E-state index in [1.807, 2.05) is 0 Å². The molecule has 0 radical (unpaired) electrons. The van der Waals surface area contributed by atoms with Crippen LogP contribution in [0, 0.1) is 0 Å². The fourth-order valence-corrected chi connectivity index (χ4v) is 8.70. The zero-order valence-electron chi connectivity index (χ0n) is 26.8. The minimum absolute atomic E-state index is 0.672. The first kappa shape index (κ1) is 26.2. The Balaban J connectivity index is 1.29. The molecule has 4 aromatic heterocycles. The minimum Gasteiger partial charge on any atom is -0.308 e. The van der Waals surface area contributed by atoms with Crippen molar-refractivity contribution in [3.63, 3.8) is 0 Å². The van der Waals surface area contributed by atoms with Crippen LogP contribution in [0.5, 0.6) is 0 Å². The Kier molecular flexibility index (Phi) is 4.94. The zero-order valence-corrected chi connectivity index (χ0v) is 26.8. The van der Waals surface area contributed by atoms with Gasteiger partial charge in [0.25, 0.3) is 0 Å². The number of hydrogen-bond donors (Lipinski definition) is 0. The molecule has 4 nitrogen and oxygen atoms in total. The number of rotatable bonds is 2. The fraction of sp³-hybridized carbons (Fsp3) is 0. The van der Waals surface area contributed by atoms with E-state index < -0.39 is 0 Å². The van der Waals surface area contributed by atoms with Crippen molar-refractivity contribution >= 4 is 92.3 Å². The summed E-state index contributed by atoms with van der Waals surface area (Å²) in [5, 5.41) is 13.4. The van der Waals surface area contributed by atoms with Gasteiger partial charge in [-0.2, -0.15) is 0 Å². The maximum Gasteiger partial charge on any atom is 0.235 e. The summed E-state index contributed by atoms with van der Waals surface area (Å²) >= 11 is 0.